The summed E-state index contributed by atoms with van der Waals surface area (Å²) < 4.78 is 0. The highest BCUT2D eigenvalue weighted by molar-refractivity contribution is 7.99. The third-order valence-electron chi connectivity index (χ3n) is 5.75. The zero-order valence-electron chi connectivity index (χ0n) is 13.7. The van der Waals surface area contributed by atoms with Crippen molar-refractivity contribution in [1.29, 1.82) is 0 Å². The van der Waals surface area contributed by atoms with Crippen molar-refractivity contribution >= 4 is 41.7 Å². The Kier molecular flexibility index (Phi) is 5.70. The van der Waals surface area contributed by atoms with Crippen molar-refractivity contribution in [2.75, 3.05) is 31.1 Å². The van der Waals surface area contributed by atoms with Crippen LogP contribution in [-0.2, 0) is 4.79 Å². The first-order valence-corrected chi connectivity index (χ1v) is 10.1. The second kappa shape index (κ2) is 7.45. The smallest absolute Gasteiger partial charge is 0.226 e. The lowest BCUT2D eigenvalue weighted by Gasteiger charge is -2.37. The number of piperidine rings is 1. The maximum atomic E-state index is 13.2. The maximum absolute atomic E-state index is 13.2. The zero-order valence-corrected chi connectivity index (χ0v) is 16.1. The van der Waals surface area contributed by atoms with Crippen molar-refractivity contribution in [1.82, 2.24) is 10.2 Å². The molecule has 24 heavy (non-hydrogen) atoms. The third-order valence-corrected chi connectivity index (χ3v) is 7.03. The van der Waals surface area contributed by atoms with Gasteiger partial charge in [-0.25, -0.2) is 0 Å². The number of carbonyl (C=O) groups excluding carboxylic acids is 1. The van der Waals surface area contributed by atoms with Gasteiger partial charge in [-0.05, 0) is 55.5 Å². The van der Waals surface area contributed by atoms with Crippen molar-refractivity contribution in [2.24, 2.45) is 11.3 Å². The van der Waals surface area contributed by atoms with Gasteiger partial charge in [0.15, 0.2) is 0 Å². The van der Waals surface area contributed by atoms with Crippen LogP contribution in [0.25, 0.3) is 0 Å². The molecule has 2 unspecified atom stereocenters. The van der Waals surface area contributed by atoms with Crippen LogP contribution in [0.5, 0.6) is 0 Å². The van der Waals surface area contributed by atoms with Gasteiger partial charge in [0.1, 0.15) is 0 Å². The minimum Gasteiger partial charge on any atom is -0.334 e. The standard InChI is InChI=1S/C18H23ClN2OS.ClH/c19-14-3-1-13(2-4-14)16-12-23-10-9-21(16)17(22)15-11-18(15)5-7-20-8-6-18;/h1-4,15-16,20H,5-12H2;1H. The summed E-state index contributed by atoms with van der Waals surface area (Å²) in [5.41, 5.74) is 1.53. The van der Waals surface area contributed by atoms with Crippen molar-refractivity contribution in [2.45, 2.75) is 25.3 Å². The molecule has 0 radical (unpaired) electrons. The minimum atomic E-state index is 0. The van der Waals surface area contributed by atoms with Crippen LogP contribution in [0.15, 0.2) is 24.3 Å². The zero-order chi connectivity index (χ0) is 15.9. The van der Waals surface area contributed by atoms with E-state index in [4.69, 9.17) is 11.6 Å². The van der Waals surface area contributed by atoms with E-state index >= 15 is 0 Å². The van der Waals surface area contributed by atoms with Gasteiger partial charge in [-0.1, -0.05) is 23.7 Å². The average Bonchev–Trinajstić information content (AvgIpc) is 3.28. The van der Waals surface area contributed by atoms with Gasteiger partial charge in [0.2, 0.25) is 5.91 Å². The number of nitrogens with zero attached hydrogens (tertiary/aromatic N) is 1. The number of halogens is 2. The number of hydrogen-bond donors (Lipinski definition) is 1. The van der Waals surface area contributed by atoms with E-state index in [-0.39, 0.29) is 24.4 Å². The molecule has 1 aromatic carbocycles. The number of rotatable bonds is 2. The van der Waals surface area contributed by atoms with E-state index in [2.05, 4.69) is 22.3 Å². The van der Waals surface area contributed by atoms with Gasteiger partial charge in [0.25, 0.3) is 0 Å². The Morgan fingerprint density at radius 1 is 1.25 bits per heavy atom. The Bertz CT molecular complexity index is 589. The molecule has 1 amide bonds. The summed E-state index contributed by atoms with van der Waals surface area (Å²) >= 11 is 7.96. The number of benzene rings is 1. The SMILES string of the molecule is Cl.O=C(C1CC12CCNCC2)N1CCSCC1c1ccc(Cl)cc1. The first kappa shape index (κ1) is 18.4. The summed E-state index contributed by atoms with van der Waals surface area (Å²) in [6.45, 7) is 3.02. The Labute approximate surface area is 159 Å². The number of thioether (sulfide) groups is 1. The Morgan fingerprint density at radius 3 is 2.67 bits per heavy atom. The molecule has 4 rings (SSSR count). The van der Waals surface area contributed by atoms with Crippen LogP contribution in [0.4, 0.5) is 0 Å². The van der Waals surface area contributed by atoms with Gasteiger partial charge >= 0.3 is 0 Å². The molecule has 2 aliphatic heterocycles. The molecule has 6 heteroatoms. The summed E-state index contributed by atoms with van der Waals surface area (Å²) in [4.78, 5) is 15.3. The van der Waals surface area contributed by atoms with Gasteiger partial charge in [0.05, 0.1) is 6.04 Å². The molecule has 2 saturated heterocycles. The molecule has 3 fully saturated rings. The normalized spacial score (nSPS) is 28.3. The van der Waals surface area contributed by atoms with Crippen LogP contribution in [0, 0.1) is 11.3 Å². The summed E-state index contributed by atoms with van der Waals surface area (Å²) in [7, 11) is 0. The monoisotopic (exact) mass is 386 g/mol. The third kappa shape index (κ3) is 3.44. The Balaban J connectivity index is 0.00000169. The van der Waals surface area contributed by atoms with Crippen LogP contribution < -0.4 is 5.32 Å². The Morgan fingerprint density at radius 2 is 1.96 bits per heavy atom. The molecular formula is C18H24Cl2N2OS. The average molecular weight is 387 g/mol. The molecule has 132 valence electrons. The molecule has 2 atom stereocenters. The lowest BCUT2D eigenvalue weighted by atomic mass is 9.91. The van der Waals surface area contributed by atoms with E-state index in [9.17, 15) is 4.79 Å². The number of hydrogen-bond acceptors (Lipinski definition) is 3. The van der Waals surface area contributed by atoms with Gasteiger partial charge in [-0.15, -0.1) is 12.4 Å². The first-order valence-electron chi connectivity index (χ1n) is 8.54. The largest absolute Gasteiger partial charge is 0.334 e. The second-order valence-electron chi connectivity index (χ2n) is 7.04. The van der Waals surface area contributed by atoms with Crippen molar-refractivity contribution < 1.29 is 4.79 Å². The topological polar surface area (TPSA) is 32.3 Å². The van der Waals surface area contributed by atoms with Crippen molar-refractivity contribution in [3.8, 4) is 0 Å². The summed E-state index contributed by atoms with van der Waals surface area (Å²) in [6.07, 6.45) is 3.43. The summed E-state index contributed by atoms with van der Waals surface area (Å²) in [6, 6.07) is 8.23. The van der Waals surface area contributed by atoms with Crippen LogP contribution in [-0.4, -0.2) is 41.9 Å². The predicted octanol–water partition coefficient (Wildman–Crippen LogP) is 3.77. The van der Waals surface area contributed by atoms with Crippen molar-refractivity contribution in [3.63, 3.8) is 0 Å². The minimum absolute atomic E-state index is 0. The predicted molar refractivity (Wildman–Crippen MR) is 103 cm³/mol. The second-order valence-corrected chi connectivity index (χ2v) is 8.63. The quantitative estimate of drug-likeness (QED) is 0.839. The molecule has 1 spiro atoms. The molecule has 3 aliphatic rings. The van der Waals surface area contributed by atoms with Crippen LogP contribution in [0.1, 0.15) is 30.9 Å². The van der Waals surface area contributed by atoms with E-state index in [1.165, 1.54) is 5.56 Å². The van der Waals surface area contributed by atoms with Gasteiger partial charge in [-0.3, -0.25) is 4.79 Å². The van der Waals surface area contributed by atoms with E-state index in [0.29, 0.717) is 11.3 Å². The first-order chi connectivity index (χ1) is 11.2. The highest BCUT2D eigenvalue weighted by Gasteiger charge is 2.59. The maximum Gasteiger partial charge on any atom is 0.226 e. The lowest BCUT2D eigenvalue weighted by molar-refractivity contribution is -0.135. The highest BCUT2D eigenvalue weighted by atomic mass is 35.5. The van der Waals surface area contributed by atoms with E-state index in [0.717, 1.165) is 55.4 Å². The van der Waals surface area contributed by atoms with Crippen LogP contribution in [0.3, 0.4) is 0 Å². The summed E-state index contributed by atoms with van der Waals surface area (Å²) in [5.74, 6) is 2.71. The van der Waals surface area contributed by atoms with E-state index in [1.807, 2.05) is 23.9 Å². The molecule has 0 bridgehead atoms. The molecular weight excluding hydrogens is 363 g/mol. The number of amides is 1. The molecule has 1 N–H and O–H groups in total. The van der Waals surface area contributed by atoms with E-state index in [1.54, 1.807) is 0 Å². The fraction of sp³-hybridized carbons (Fsp3) is 0.611. The lowest BCUT2D eigenvalue weighted by Crippen LogP contribution is -2.43. The van der Waals surface area contributed by atoms with Crippen LogP contribution in [0.2, 0.25) is 5.02 Å². The van der Waals surface area contributed by atoms with Gasteiger partial charge in [-0.2, -0.15) is 11.8 Å². The number of carbonyl (C=O) groups is 1. The molecule has 2 heterocycles. The highest BCUT2D eigenvalue weighted by Crippen LogP contribution is 2.59. The van der Waals surface area contributed by atoms with Gasteiger partial charge in [0, 0.05) is 29.0 Å². The van der Waals surface area contributed by atoms with E-state index < -0.39 is 0 Å². The molecule has 3 nitrogen and oxygen atoms in total. The molecule has 1 aliphatic carbocycles. The van der Waals surface area contributed by atoms with Gasteiger partial charge < -0.3 is 10.2 Å². The fourth-order valence-electron chi connectivity index (χ4n) is 4.20. The molecule has 1 saturated carbocycles. The van der Waals surface area contributed by atoms with Crippen LogP contribution >= 0.6 is 35.8 Å². The van der Waals surface area contributed by atoms with Crippen molar-refractivity contribution in [3.05, 3.63) is 34.9 Å². The molecule has 1 aromatic rings. The molecule has 0 aromatic heterocycles. The Hall–Kier alpha value is -0.420. The number of nitrogens with one attached hydrogen (secondary N) is 1. The fourth-order valence-corrected chi connectivity index (χ4v) is 5.42. The summed E-state index contributed by atoms with van der Waals surface area (Å²) in [5, 5.41) is 4.17.